The van der Waals surface area contributed by atoms with Crippen molar-refractivity contribution in [1.82, 2.24) is 4.90 Å². The number of rotatable bonds is 5. The molecular weight excluding hydrogens is 300 g/mol. The Labute approximate surface area is 139 Å². The zero-order valence-electron chi connectivity index (χ0n) is 13.7. The highest BCUT2D eigenvalue weighted by atomic mass is 35.5. The van der Waals surface area contributed by atoms with Gasteiger partial charge in [-0.05, 0) is 29.5 Å². The Hall–Kier alpha value is -1.10. The topological polar surface area (TPSA) is 55.6 Å². The summed E-state index contributed by atoms with van der Waals surface area (Å²) >= 11 is 0. The Bertz CT molecular complexity index is 505. The molecule has 0 radical (unpaired) electrons. The van der Waals surface area contributed by atoms with Crippen LogP contribution in [0.2, 0.25) is 0 Å². The lowest BCUT2D eigenvalue weighted by Crippen LogP contribution is -2.40. The Balaban J connectivity index is 0.00000242. The van der Waals surface area contributed by atoms with Crippen LogP contribution in [0.15, 0.2) is 24.3 Å². The van der Waals surface area contributed by atoms with Crippen molar-refractivity contribution < 1.29 is 9.53 Å². The Morgan fingerprint density at radius 1 is 1.41 bits per heavy atom. The molecule has 22 heavy (non-hydrogen) atoms. The number of amides is 1. The van der Waals surface area contributed by atoms with Gasteiger partial charge in [-0.15, -0.1) is 12.4 Å². The minimum Gasteiger partial charge on any atom is -0.373 e. The molecule has 1 aromatic rings. The van der Waals surface area contributed by atoms with Crippen LogP contribution in [0.4, 0.5) is 0 Å². The molecule has 1 aliphatic heterocycles. The van der Waals surface area contributed by atoms with Crippen LogP contribution in [-0.2, 0) is 16.0 Å². The molecular formula is C17H27ClN2O2. The van der Waals surface area contributed by atoms with Crippen LogP contribution < -0.4 is 5.73 Å². The molecule has 1 amide bonds. The Kier molecular flexibility index (Phi) is 6.85. The zero-order chi connectivity index (χ0) is 15.5. The van der Waals surface area contributed by atoms with E-state index in [-0.39, 0.29) is 29.8 Å². The van der Waals surface area contributed by atoms with Crippen LogP contribution in [0.5, 0.6) is 0 Å². The van der Waals surface area contributed by atoms with Crippen LogP contribution in [0, 0.1) is 5.41 Å². The van der Waals surface area contributed by atoms with Crippen molar-refractivity contribution in [3.8, 4) is 0 Å². The lowest BCUT2D eigenvalue weighted by molar-refractivity contribution is -0.134. The van der Waals surface area contributed by atoms with E-state index < -0.39 is 0 Å². The fourth-order valence-electron chi connectivity index (χ4n) is 2.75. The molecule has 124 valence electrons. The van der Waals surface area contributed by atoms with Crippen LogP contribution in [0.25, 0.3) is 0 Å². The maximum atomic E-state index is 12.4. The predicted octanol–water partition coefficient (Wildman–Crippen LogP) is 2.56. The molecule has 0 bridgehead atoms. The number of nitrogens with two attached hydrogens (primary N) is 1. The monoisotopic (exact) mass is 326 g/mol. The molecule has 0 aliphatic carbocycles. The number of benzene rings is 1. The van der Waals surface area contributed by atoms with Gasteiger partial charge in [0.15, 0.2) is 0 Å². The van der Waals surface area contributed by atoms with Crippen molar-refractivity contribution in [2.45, 2.75) is 32.8 Å². The molecule has 0 fully saturated rings. The molecule has 2 N–H and O–H groups in total. The molecule has 0 aromatic heterocycles. The number of nitrogens with zero attached hydrogens (tertiary/aromatic N) is 1. The van der Waals surface area contributed by atoms with Crippen LogP contribution in [-0.4, -0.2) is 37.6 Å². The van der Waals surface area contributed by atoms with E-state index in [0.29, 0.717) is 26.1 Å². The average molecular weight is 327 g/mol. The van der Waals surface area contributed by atoms with E-state index in [2.05, 4.69) is 26.0 Å². The van der Waals surface area contributed by atoms with Gasteiger partial charge in [-0.1, -0.05) is 38.1 Å². The molecule has 1 atom stereocenters. The molecule has 1 aliphatic rings. The minimum atomic E-state index is -0.120. The van der Waals surface area contributed by atoms with E-state index in [4.69, 9.17) is 10.5 Å². The molecule has 0 saturated heterocycles. The van der Waals surface area contributed by atoms with Crippen molar-refractivity contribution in [1.29, 1.82) is 0 Å². The van der Waals surface area contributed by atoms with Crippen molar-refractivity contribution in [3.05, 3.63) is 35.4 Å². The quantitative estimate of drug-likeness (QED) is 0.904. The van der Waals surface area contributed by atoms with Crippen LogP contribution >= 0.6 is 12.4 Å². The smallest absolute Gasteiger partial charge is 0.225 e. The third-order valence-corrected chi connectivity index (χ3v) is 4.10. The molecule has 1 unspecified atom stereocenters. The van der Waals surface area contributed by atoms with Gasteiger partial charge in [0.05, 0.1) is 19.1 Å². The molecule has 0 saturated carbocycles. The van der Waals surface area contributed by atoms with E-state index >= 15 is 0 Å². The first-order valence-electron chi connectivity index (χ1n) is 7.56. The number of hydrogen-bond acceptors (Lipinski definition) is 3. The molecule has 0 spiro atoms. The van der Waals surface area contributed by atoms with E-state index in [0.717, 1.165) is 12.0 Å². The van der Waals surface area contributed by atoms with Crippen molar-refractivity contribution in [2.24, 2.45) is 11.1 Å². The summed E-state index contributed by atoms with van der Waals surface area (Å²) in [6.45, 7) is 6.06. The fraction of sp³-hybridized carbons (Fsp3) is 0.588. The number of halogens is 1. The molecule has 4 nitrogen and oxygen atoms in total. The third-order valence-electron chi connectivity index (χ3n) is 4.10. The highest BCUT2D eigenvalue weighted by Crippen LogP contribution is 2.30. The first-order chi connectivity index (χ1) is 9.93. The summed E-state index contributed by atoms with van der Waals surface area (Å²) in [6.07, 6.45) is 1.20. The lowest BCUT2D eigenvalue weighted by atomic mass is 9.92. The second-order valence-electron chi connectivity index (χ2n) is 6.63. The normalized spacial score (nSPS) is 17.4. The first kappa shape index (κ1) is 18.9. The highest BCUT2D eigenvalue weighted by Gasteiger charge is 2.26. The van der Waals surface area contributed by atoms with Gasteiger partial charge in [0.25, 0.3) is 0 Å². The Morgan fingerprint density at radius 2 is 2.09 bits per heavy atom. The predicted molar refractivity (Wildman–Crippen MR) is 91.2 cm³/mol. The number of carbonyl (C=O) groups is 1. The maximum Gasteiger partial charge on any atom is 0.225 e. The van der Waals surface area contributed by atoms with Gasteiger partial charge in [-0.25, -0.2) is 0 Å². The molecule has 2 rings (SSSR count). The SMILES string of the molecule is CN(CC(C)(C)CN)C(=O)CC1OCCc2ccccc21.Cl. The van der Waals surface area contributed by atoms with E-state index in [1.807, 2.05) is 19.2 Å². The van der Waals surface area contributed by atoms with Gasteiger partial charge in [0, 0.05) is 13.6 Å². The van der Waals surface area contributed by atoms with Crippen LogP contribution in [0.1, 0.15) is 37.5 Å². The largest absolute Gasteiger partial charge is 0.373 e. The summed E-state index contributed by atoms with van der Waals surface area (Å²) in [7, 11) is 1.84. The molecule has 1 aromatic carbocycles. The van der Waals surface area contributed by atoms with Crippen molar-refractivity contribution >= 4 is 18.3 Å². The van der Waals surface area contributed by atoms with Crippen molar-refractivity contribution in [2.75, 3.05) is 26.7 Å². The van der Waals surface area contributed by atoms with Crippen LogP contribution in [0.3, 0.4) is 0 Å². The van der Waals surface area contributed by atoms with E-state index in [9.17, 15) is 4.79 Å². The summed E-state index contributed by atoms with van der Waals surface area (Å²) < 4.78 is 5.81. The van der Waals surface area contributed by atoms with E-state index in [1.54, 1.807) is 4.90 Å². The lowest BCUT2D eigenvalue weighted by Gasteiger charge is -2.31. The second kappa shape index (κ2) is 7.95. The Morgan fingerprint density at radius 3 is 2.77 bits per heavy atom. The summed E-state index contributed by atoms with van der Waals surface area (Å²) in [6, 6.07) is 8.23. The summed E-state index contributed by atoms with van der Waals surface area (Å²) in [4.78, 5) is 14.2. The minimum absolute atomic E-state index is 0. The average Bonchev–Trinajstić information content (AvgIpc) is 2.47. The fourth-order valence-corrected chi connectivity index (χ4v) is 2.75. The molecule has 1 heterocycles. The van der Waals surface area contributed by atoms with Gasteiger partial charge >= 0.3 is 0 Å². The van der Waals surface area contributed by atoms with E-state index in [1.165, 1.54) is 5.56 Å². The summed E-state index contributed by atoms with van der Waals surface area (Å²) in [5.74, 6) is 0.109. The number of carbonyl (C=O) groups excluding carboxylic acids is 1. The van der Waals surface area contributed by atoms with Gasteiger partial charge < -0.3 is 15.4 Å². The second-order valence-corrected chi connectivity index (χ2v) is 6.63. The van der Waals surface area contributed by atoms with Gasteiger partial charge in [-0.3, -0.25) is 4.79 Å². The summed E-state index contributed by atoms with van der Waals surface area (Å²) in [5.41, 5.74) is 8.13. The van der Waals surface area contributed by atoms with Gasteiger partial charge in [0.1, 0.15) is 0 Å². The number of ether oxygens (including phenoxy) is 1. The standard InChI is InChI=1S/C17H26N2O2.ClH/c1-17(2,11-18)12-19(3)16(20)10-15-14-7-5-4-6-13(14)8-9-21-15;/h4-7,15H,8-12,18H2,1-3H3;1H. The number of fused-ring (bicyclic) bond motifs is 1. The zero-order valence-corrected chi connectivity index (χ0v) is 14.5. The van der Waals surface area contributed by atoms with Crippen molar-refractivity contribution in [3.63, 3.8) is 0 Å². The van der Waals surface area contributed by atoms with Gasteiger partial charge in [-0.2, -0.15) is 0 Å². The maximum absolute atomic E-state index is 12.4. The number of hydrogen-bond donors (Lipinski definition) is 1. The first-order valence-corrected chi connectivity index (χ1v) is 7.56. The highest BCUT2D eigenvalue weighted by molar-refractivity contribution is 5.85. The molecule has 5 heteroatoms. The van der Waals surface area contributed by atoms with Gasteiger partial charge in [0.2, 0.25) is 5.91 Å². The summed E-state index contributed by atoms with van der Waals surface area (Å²) in [5, 5.41) is 0. The third kappa shape index (κ3) is 4.70.